The van der Waals surface area contributed by atoms with Gasteiger partial charge in [-0.2, -0.15) is 13.2 Å². The highest BCUT2D eigenvalue weighted by Gasteiger charge is 2.38. The molecule has 5 nitrogen and oxygen atoms in total. The van der Waals surface area contributed by atoms with Gasteiger partial charge in [0.05, 0.1) is 6.61 Å². The minimum atomic E-state index is -5.08. The summed E-state index contributed by atoms with van der Waals surface area (Å²) < 4.78 is 36.5. The number of carbonyl (C=O) groups is 1. The molecule has 0 aromatic carbocycles. The van der Waals surface area contributed by atoms with Crippen LogP contribution in [-0.4, -0.2) is 54.8 Å². The SMILES string of the molecule is COCC1(O)CNC1.O=C(O)C(F)(F)F. The molecule has 0 aliphatic carbocycles. The topological polar surface area (TPSA) is 78.8 Å². The third-order valence-corrected chi connectivity index (χ3v) is 1.56. The van der Waals surface area contributed by atoms with E-state index in [4.69, 9.17) is 14.6 Å². The van der Waals surface area contributed by atoms with Crippen molar-refractivity contribution in [3.8, 4) is 0 Å². The van der Waals surface area contributed by atoms with Crippen molar-refractivity contribution < 1.29 is 32.9 Å². The molecule has 1 aliphatic rings. The molecule has 0 atom stereocenters. The van der Waals surface area contributed by atoms with Gasteiger partial charge in [0, 0.05) is 20.2 Å². The van der Waals surface area contributed by atoms with Gasteiger partial charge < -0.3 is 20.3 Å². The monoisotopic (exact) mass is 231 g/mol. The molecule has 0 saturated carbocycles. The van der Waals surface area contributed by atoms with E-state index in [1.165, 1.54) is 0 Å². The largest absolute Gasteiger partial charge is 0.490 e. The fourth-order valence-corrected chi connectivity index (χ4v) is 0.784. The molecule has 1 rings (SSSR count). The van der Waals surface area contributed by atoms with Gasteiger partial charge in [-0.05, 0) is 0 Å². The first-order chi connectivity index (χ1) is 6.71. The van der Waals surface area contributed by atoms with Gasteiger partial charge in [0.2, 0.25) is 0 Å². The number of hydrogen-bond acceptors (Lipinski definition) is 4. The average molecular weight is 231 g/mol. The van der Waals surface area contributed by atoms with Crippen LogP contribution in [0.15, 0.2) is 0 Å². The second-order valence-electron chi connectivity index (χ2n) is 3.06. The van der Waals surface area contributed by atoms with E-state index in [0.717, 1.165) is 0 Å². The van der Waals surface area contributed by atoms with Crippen LogP contribution in [-0.2, 0) is 9.53 Å². The van der Waals surface area contributed by atoms with Crippen molar-refractivity contribution >= 4 is 5.97 Å². The van der Waals surface area contributed by atoms with Gasteiger partial charge in [-0.15, -0.1) is 0 Å². The van der Waals surface area contributed by atoms with Crippen LogP contribution in [0, 0.1) is 0 Å². The summed E-state index contributed by atoms with van der Waals surface area (Å²) in [4.78, 5) is 8.90. The Morgan fingerprint density at radius 2 is 1.93 bits per heavy atom. The summed E-state index contributed by atoms with van der Waals surface area (Å²) in [5, 5.41) is 19.3. The van der Waals surface area contributed by atoms with Gasteiger partial charge in [-0.1, -0.05) is 0 Å². The van der Waals surface area contributed by atoms with Crippen molar-refractivity contribution in [1.82, 2.24) is 5.32 Å². The number of ether oxygens (including phenoxy) is 1. The quantitative estimate of drug-likeness (QED) is 0.602. The number of β-amino-alcohol motifs (C(OH)–C–C–N with tert-alkyl or cyclic N) is 1. The molecule has 90 valence electrons. The molecule has 8 heteroatoms. The summed E-state index contributed by atoms with van der Waals surface area (Å²) in [6.07, 6.45) is -5.08. The maximum absolute atomic E-state index is 10.6. The van der Waals surface area contributed by atoms with Crippen molar-refractivity contribution in [1.29, 1.82) is 0 Å². The summed E-state index contributed by atoms with van der Waals surface area (Å²) in [6.45, 7) is 1.78. The third kappa shape index (κ3) is 5.55. The van der Waals surface area contributed by atoms with E-state index >= 15 is 0 Å². The van der Waals surface area contributed by atoms with Gasteiger partial charge in [-0.25, -0.2) is 4.79 Å². The van der Waals surface area contributed by atoms with Crippen LogP contribution in [0.5, 0.6) is 0 Å². The molecule has 0 radical (unpaired) electrons. The Morgan fingerprint density at radius 3 is 2.00 bits per heavy atom. The van der Waals surface area contributed by atoms with E-state index in [1.54, 1.807) is 7.11 Å². The third-order valence-electron chi connectivity index (χ3n) is 1.56. The molecule has 1 aliphatic heterocycles. The van der Waals surface area contributed by atoms with Gasteiger partial charge in [0.1, 0.15) is 5.60 Å². The van der Waals surface area contributed by atoms with Crippen molar-refractivity contribution in [2.75, 3.05) is 26.8 Å². The Hall–Kier alpha value is -0.860. The molecular weight excluding hydrogens is 219 g/mol. The molecule has 0 bridgehead atoms. The molecule has 1 heterocycles. The number of methoxy groups -OCH3 is 1. The Kier molecular flexibility index (Phi) is 4.98. The van der Waals surface area contributed by atoms with Gasteiger partial charge in [-0.3, -0.25) is 0 Å². The van der Waals surface area contributed by atoms with Gasteiger partial charge in [0.15, 0.2) is 0 Å². The van der Waals surface area contributed by atoms with Crippen molar-refractivity contribution in [3.05, 3.63) is 0 Å². The molecular formula is C7H12F3NO4. The lowest BCUT2D eigenvalue weighted by Gasteiger charge is -2.36. The highest BCUT2D eigenvalue weighted by Crippen LogP contribution is 2.13. The molecule has 3 N–H and O–H groups in total. The van der Waals surface area contributed by atoms with Crippen LogP contribution in [0.4, 0.5) is 13.2 Å². The molecule has 0 amide bonds. The maximum atomic E-state index is 10.6. The molecule has 0 unspecified atom stereocenters. The summed E-state index contributed by atoms with van der Waals surface area (Å²) in [6, 6.07) is 0. The highest BCUT2D eigenvalue weighted by atomic mass is 19.4. The van der Waals surface area contributed by atoms with Crippen LogP contribution in [0.25, 0.3) is 0 Å². The normalized spacial score (nSPS) is 18.5. The van der Waals surface area contributed by atoms with Crippen LogP contribution >= 0.6 is 0 Å². The lowest BCUT2D eigenvalue weighted by Crippen LogP contribution is -2.61. The molecule has 1 fully saturated rings. The van der Waals surface area contributed by atoms with Crippen molar-refractivity contribution in [2.24, 2.45) is 0 Å². The van der Waals surface area contributed by atoms with Crippen LogP contribution < -0.4 is 5.32 Å². The smallest absolute Gasteiger partial charge is 0.475 e. The summed E-state index contributed by atoms with van der Waals surface area (Å²) >= 11 is 0. The van der Waals surface area contributed by atoms with Crippen LogP contribution in [0.3, 0.4) is 0 Å². The lowest BCUT2D eigenvalue weighted by molar-refractivity contribution is -0.192. The van der Waals surface area contributed by atoms with E-state index in [-0.39, 0.29) is 0 Å². The zero-order chi connectivity index (χ0) is 12.1. The zero-order valence-electron chi connectivity index (χ0n) is 7.97. The zero-order valence-corrected chi connectivity index (χ0v) is 7.97. The Morgan fingerprint density at radius 1 is 1.53 bits per heavy atom. The standard InChI is InChI=1S/C5H11NO2.C2HF3O2/c1-8-4-5(7)2-6-3-5;3-2(4,5)1(6)7/h6-7H,2-4H2,1H3;(H,6,7). The number of aliphatic hydroxyl groups is 1. The first kappa shape index (κ1) is 14.1. The lowest BCUT2D eigenvalue weighted by atomic mass is 9.99. The number of nitrogens with one attached hydrogen (secondary N) is 1. The minimum Gasteiger partial charge on any atom is -0.475 e. The van der Waals surface area contributed by atoms with Gasteiger partial charge in [0.25, 0.3) is 0 Å². The fourth-order valence-electron chi connectivity index (χ4n) is 0.784. The van der Waals surface area contributed by atoms with Gasteiger partial charge >= 0.3 is 12.1 Å². The van der Waals surface area contributed by atoms with E-state index in [0.29, 0.717) is 19.7 Å². The van der Waals surface area contributed by atoms with E-state index < -0.39 is 17.7 Å². The predicted octanol–water partition coefficient (Wildman–Crippen LogP) is -0.400. The first-order valence-electron chi connectivity index (χ1n) is 3.93. The van der Waals surface area contributed by atoms with E-state index in [9.17, 15) is 18.3 Å². The second kappa shape index (κ2) is 5.29. The Labute approximate surface area is 83.8 Å². The molecule has 15 heavy (non-hydrogen) atoms. The number of carboxylic acids is 1. The number of alkyl halides is 3. The fraction of sp³-hybridized carbons (Fsp3) is 0.857. The number of aliphatic carboxylic acids is 1. The van der Waals surface area contributed by atoms with Crippen LogP contribution in [0.2, 0.25) is 0 Å². The predicted molar refractivity (Wildman–Crippen MR) is 43.4 cm³/mol. The molecule has 0 aromatic heterocycles. The molecule has 0 aromatic rings. The van der Waals surface area contributed by atoms with Crippen molar-refractivity contribution in [3.63, 3.8) is 0 Å². The number of carboxylic acid groups (broad SMARTS) is 1. The highest BCUT2D eigenvalue weighted by molar-refractivity contribution is 5.73. The molecule has 0 spiro atoms. The summed E-state index contributed by atoms with van der Waals surface area (Å²) in [5.41, 5.74) is -0.561. The van der Waals surface area contributed by atoms with Crippen LogP contribution in [0.1, 0.15) is 0 Å². The van der Waals surface area contributed by atoms with E-state index in [1.807, 2.05) is 0 Å². The summed E-state index contributed by atoms with van der Waals surface area (Å²) in [7, 11) is 1.59. The number of halogens is 3. The Bertz CT molecular complexity index is 215. The molecule has 1 saturated heterocycles. The minimum absolute atomic E-state index is 0.444. The summed E-state index contributed by atoms with van der Waals surface area (Å²) in [5.74, 6) is -2.76. The number of rotatable bonds is 2. The van der Waals surface area contributed by atoms with E-state index in [2.05, 4.69) is 5.32 Å². The number of hydrogen-bond donors (Lipinski definition) is 3. The van der Waals surface area contributed by atoms with Crippen molar-refractivity contribution in [2.45, 2.75) is 11.8 Å². The average Bonchev–Trinajstić information content (AvgIpc) is 2.01. The Balaban J connectivity index is 0.000000265. The maximum Gasteiger partial charge on any atom is 0.490 e. The second-order valence-corrected chi connectivity index (χ2v) is 3.06. The first-order valence-corrected chi connectivity index (χ1v) is 3.93.